The minimum absolute atomic E-state index is 0.0240. The Hall–Kier alpha value is -1.84. The summed E-state index contributed by atoms with van der Waals surface area (Å²) < 4.78 is 0. The van der Waals surface area contributed by atoms with Gasteiger partial charge in [0.1, 0.15) is 0 Å². The van der Waals surface area contributed by atoms with E-state index in [1.165, 1.54) is 11.1 Å². The Morgan fingerprint density at radius 2 is 2.11 bits per heavy atom. The van der Waals surface area contributed by atoms with Crippen LogP contribution in [-0.2, 0) is 16.0 Å². The lowest BCUT2D eigenvalue weighted by molar-refractivity contribution is -0.141. The maximum absolute atomic E-state index is 11.9. The van der Waals surface area contributed by atoms with Gasteiger partial charge >= 0.3 is 5.97 Å². The molecule has 4 heteroatoms. The van der Waals surface area contributed by atoms with Crippen molar-refractivity contribution < 1.29 is 14.7 Å². The van der Waals surface area contributed by atoms with Crippen molar-refractivity contribution >= 4 is 11.9 Å². The zero-order valence-electron chi connectivity index (χ0n) is 10.0. The van der Waals surface area contributed by atoms with Crippen LogP contribution in [0.2, 0.25) is 0 Å². The number of likely N-dealkylation sites (tertiary alicyclic amines) is 1. The topological polar surface area (TPSA) is 57.6 Å². The van der Waals surface area contributed by atoms with Gasteiger partial charge < -0.3 is 10.0 Å². The molecular weight excluding hydrogens is 230 g/mol. The van der Waals surface area contributed by atoms with Crippen LogP contribution in [-0.4, -0.2) is 28.4 Å². The van der Waals surface area contributed by atoms with Crippen LogP contribution in [0.25, 0.3) is 0 Å². The van der Waals surface area contributed by atoms with Gasteiger partial charge in [-0.1, -0.05) is 24.3 Å². The number of benzene rings is 1. The van der Waals surface area contributed by atoms with Crippen molar-refractivity contribution in [1.82, 2.24) is 4.90 Å². The predicted molar refractivity (Wildman–Crippen MR) is 65.0 cm³/mol. The lowest BCUT2D eigenvalue weighted by Crippen LogP contribution is -2.29. The molecule has 2 aliphatic rings. The average Bonchev–Trinajstić information content (AvgIpc) is 2.92. The smallest absolute Gasteiger partial charge is 0.308 e. The van der Waals surface area contributed by atoms with E-state index in [1.807, 2.05) is 18.2 Å². The van der Waals surface area contributed by atoms with Gasteiger partial charge in [-0.15, -0.1) is 0 Å². The highest BCUT2D eigenvalue weighted by atomic mass is 16.4. The van der Waals surface area contributed by atoms with Crippen LogP contribution in [0, 0.1) is 5.92 Å². The number of aryl methyl sites for hydroxylation is 1. The minimum Gasteiger partial charge on any atom is -0.481 e. The van der Waals surface area contributed by atoms with Gasteiger partial charge in [0.05, 0.1) is 12.0 Å². The highest BCUT2D eigenvalue weighted by molar-refractivity contribution is 5.86. The van der Waals surface area contributed by atoms with E-state index in [2.05, 4.69) is 6.07 Å². The molecule has 1 aromatic carbocycles. The number of carbonyl (C=O) groups excluding carboxylic acids is 1. The molecule has 1 saturated heterocycles. The summed E-state index contributed by atoms with van der Waals surface area (Å²) in [5.74, 6) is -1.42. The standard InChI is InChI=1S/C14H15NO3/c16-13-7-10(14(17)18)8-15(13)12-6-5-9-3-1-2-4-11(9)12/h1-4,10,12H,5-8H2,(H,17,18)/t10-,12-/m1/s1. The summed E-state index contributed by atoms with van der Waals surface area (Å²) in [6, 6.07) is 8.20. The number of carbonyl (C=O) groups is 2. The first-order chi connectivity index (χ1) is 8.66. The Labute approximate surface area is 105 Å². The van der Waals surface area contributed by atoms with Crippen molar-refractivity contribution in [1.29, 1.82) is 0 Å². The summed E-state index contributed by atoms with van der Waals surface area (Å²) in [6.45, 7) is 0.354. The van der Waals surface area contributed by atoms with E-state index in [9.17, 15) is 9.59 Å². The van der Waals surface area contributed by atoms with Crippen molar-refractivity contribution in [3.63, 3.8) is 0 Å². The largest absolute Gasteiger partial charge is 0.481 e. The molecule has 3 rings (SSSR count). The molecule has 0 unspecified atom stereocenters. The number of hydrogen-bond donors (Lipinski definition) is 1. The van der Waals surface area contributed by atoms with E-state index in [0.29, 0.717) is 6.54 Å². The molecule has 4 nitrogen and oxygen atoms in total. The van der Waals surface area contributed by atoms with E-state index in [1.54, 1.807) is 4.90 Å². The van der Waals surface area contributed by atoms with E-state index in [0.717, 1.165) is 12.8 Å². The maximum atomic E-state index is 11.9. The molecule has 1 heterocycles. The van der Waals surface area contributed by atoms with Crippen molar-refractivity contribution in [2.24, 2.45) is 5.92 Å². The number of carboxylic acid groups (broad SMARTS) is 1. The zero-order chi connectivity index (χ0) is 12.7. The molecule has 18 heavy (non-hydrogen) atoms. The lowest BCUT2D eigenvalue weighted by Gasteiger charge is -2.25. The molecule has 0 bridgehead atoms. The van der Waals surface area contributed by atoms with Gasteiger partial charge in [0.2, 0.25) is 5.91 Å². The summed E-state index contributed by atoms with van der Waals surface area (Å²) >= 11 is 0. The van der Waals surface area contributed by atoms with Crippen LogP contribution < -0.4 is 0 Å². The quantitative estimate of drug-likeness (QED) is 0.861. The third kappa shape index (κ3) is 1.68. The first kappa shape index (κ1) is 11.3. The predicted octanol–water partition coefficient (Wildman–Crippen LogP) is 1.61. The fourth-order valence-corrected chi connectivity index (χ4v) is 3.06. The van der Waals surface area contributed by atoms with E-state index >= 15 is 0 Å². The van der Waals surface area contributed by atoms with Gasteiger partial charge in [-0.3, -0.25) is 9.59 Å². The van der Waals surface area contributed by atoms with Crippen LogP contribution in [0.5, 0.6) is 0 Å². The number of aliphatic carboxylic acids is 1. The third-order valence-electron chi connectivity index (χ3n) is 3.99. The van der Waals surface area contributed by atoms with Crippen molar-refractivity contribution in [3.8, 4) is 0 Å². The number of amides is 1. The number of rotatable bonds is 2. The molecule has 1 aromatic rings. The van der Waals surface area contributed by atoms with Crippen molar-refractivity contribution in [2.75, 3.05) is 6.54 Å². The average molecular weight is 245 g/mol. The van der Waals surface area contributed by atoms with Crippen LogP contribution in [0.1, 0.15) is 30.0 Å². The first-order valence-corrected chi connectivity index (χ1v) is 6.27. The molecule has 0 radical (unpaired) electrons. The van der Waals surface area contributed by atoms with Crippen molar-refractivity contribution in [2.45, 2.75) is 25.3 Å². The van der Waals surface area contributed by atoms with Gasteiger partial charge in [-0.25, -0.2) is 0 Å². The summed E-state index contributed by atoms with van der Waals surface area (Å²) in [4.78, 5) is 24.7. The molecule has 2 atom stereocenters. The van der Waals surface area contributed by atoms with Crippen LogP contribution in [0.3, 0.4) is 0 Å². The van der Waals surface area contributed by atoms with Gasteiger partial charge in [-0.05, 0) is 24.0 Å². The fourth-order valence-electron chi connectivity index (χ4n) is 3.06. The fraction of sp³-hybridized carbons (Fsp3) is 0.429. The second-order valence-electron chi connectivity index (χ2n) is 5.04. The van der Waals surface area contributed by atoms with Gasteiger partial charge in [0.25, 0.3) is 0 Å². The van der Waals surface area contributed by atoms with Crippen molar-refractivity contribution in [3.05, 3.63) is 35.4 Å². The SMILES string of the molecule is O=C(O)[C@@H]1CC(=O)N([C@@H]2CCc3ccccc32)C1. The highest BCUT2D eigenvalue weighted by Crippen LogP contribution is 2.38. The van der Waals surface area contributed by atoms with Crippen LogP contribution in [0.15, 0.2) is 24.3 Å². The van der Waals surface area contributed by atoms with E-state index < -0.39 is 11.9 Å². The first-order valence-electron chi connectivity index (χ1n) is 6.27. The van der Waals surface area contributed by atoms with Crippen LogP contribution >= 0.6 is 0 Å². The summed E-state index contributed by atoms with van der Waals surface area (Å²) in [7, 11) is 0. The number of hydrogen-bond acceptors (Lipinski definition) is 2. The van der Waals surface area contributed by atoms with E-state index in [4.69, 9.17) is 5.11 Å². The molecule has 0 saturated carbocycles. The highest BCUT2D eigenvalue weighted by Gasteiger charge is 2.40. The summed E-state index contributed by atoms with van der Waals surface area (Å²) in [6.07, 6.45) is 2.04. The lowest BCUT2D eigenvalue weighted by atomic mass is 10.1. The number of carboxylic acids is 1. The molecule has 1 amide bonds. The molecule has 1 aliphatic heterocycles. The van der Waals surface area contributed by atoms with Gasteiger partial charge in [-0.2, -0.15) is 0 Å². The molecule has 0 aromatic heterocycles. The Bertz CT molecular complexity index is 512. The second-order valence-corrected chi connectivity index (χ2v) is 5.04. The monoisotopic (exact) mass is 245 g/mol. The Morgan fingerprint density at radius 3 is 2.83 bits per heavy atom. The van der Waals surface area contributed by atoms with Gasteiger partial charge in [0, 0.05) is 13.0 Å². The third-order valence-corrected chi connectivity index (χ3v) is 3.99. The Kier molecular flexibility index (Phi) is 2.58. The molecule has 1 fully saturated rings. The molecule has 1 aliphatic carbocycles. The molecular formula is C14H15NO3. The summed E-state index contributed by atoms with van der Waals surface area (Å²) in [5, 5.41) is 9.01. The van der Waals surface area contributed by atoms with Gasteiger partial charge in [0.15, 0.2) is 0 Å². The molecule has 1 N–H and O–H groups in total. The minimum atomic E-state index is -0.864. The zero-order valence-corrected chi connectivity index (χ0v) is 10.0. The van der Waals surface area contributed by atoms with E-state index in [-0.39, 0.29) is 18.4 Å². The Balaban J connectivity index is 1.85. The maximum Gasteiger partial charge on any atom is 0.308 e. The Morgan fingerprint density at radius 1 is 1.33 bits per heavy atom. The normalized spacial score (nSPS) is 26.4. The summed E-state index contributed by atoms with van der Waals surface area (Å²) in [5.41, 5.74) is 2.48. The second kappa shape index (κ2) is 4.12. The number of fused-ring (bicyclic) bond motifs is 1. The molecule has 0 spiro atoms. The number of nitrogens with zero attached hydrogens (tertiary/aromatic N) is 1. The molecule has 94 valence electrons. The van der Waals surface area contributed by atoms with Crippen LogP contribution in [0.4, 0.5) is 0 Å².